The summed E-state index contributed by atoms with van der Waals surface area (Å²) < 4.78 is 26.4. The van der Waals surface area contributed by atoms with Crippen LogP contribution in [0.4, 0.5) is 14.6 Å². The quantitative estimate of drug-likeness (QED) is 0.628. The zero-order valence-electron chi connectivity index (χ0n) is 12.1. The molecule has 1 aromatic heterocycles. The zero-order valence-corrected chi connectivity index (χ0v) is 13.0. The summed E-state index contributed by atoms with van der Waals surface area (Å²) in [5.74, 6) is 0.313. The van der Waals surface area contributed by atoms with Crippen LogP contribution in [-0.2, 0) is 5.75 Å². The van der Waals surface area contributed by atoms with Crippen LogP contribution in [0.2, 0.25) is 0 Å². The van der Waals surface area contributed by atoms with Gasteiger partial charge in [0, 0.05) is 31.0 Å². The van der Waals surface area contributed by atoms with Crippen LogP contribution in [0.5, 0.6) is 0 Å². The Morgan fingerprint density at radius 3 is 2.41 bits per heavy atom. The molecule has 116 valence electrons. The molecule has 0 saturated carbocycles. The third-order valence-corrected chi connectivity index (χ3v) is 4.61. The van der Waals surface area contributed by atoms with Gasteiger partial charge in [0.2, 0.25) is 0 Å². The van der Waals surface area contributed by atoms with Crippen molar-refractivity contribution in [2.24, 2.45) is 0 Å². The van der Waals surface area contributed by atoms with Crippen LogP contribution in [0.1, 0.15) is 24.8 Å². The number of aromatic nitrogens is 2. The zero-order chi connectivity index (χ0) is 15.4. The second-order valence-corrected chi connectivity index (χ2v) is 6.32. The Labute approximate surface area is 132 Å². The van der Waals surface area contributed by atoms with E-state index in [0.29, 0.717) is 11.3 Å². The predicted octanol–water partition coefficient (Wildman–Crippen LogP) is 4.04. The van der Waals surface area contributed by atoms with Crippen LogP contribution >= 0.6 is 11.8 Å². The minimum Gasteiger partial charge on any atom is -0.356 e. The Bertz CT molecular complexity index is 625. The number of thioether (sulfide) groups is 1. The van der Waals surface area contributed by atoms with Gasteiger partial charge < -0.3 is 4.90 Å². The molecule has 1 aliphatic heterocycles. The number of nitrogens with zero attached hydrogens (tertiary/aromatic N) is 3. The Morgan fingerprint density at radius 2 is 1.68 bits per heavy atom. The van der Waals surface area contributed by atoms with Crippen LogP contribution in [-0.4, -0.2) is 23.1 Å². The summed E-state index contributed by atoms with van der Waals surface area (Å²) in [5, 5.41) is 0.820. The molecule has 0 unspecified atom stereocenters. The molecule has 2 aromatic rings. The summed E-state index contributed by atoms with van der Waals surface area (Å²) >= 11 is 1.46. The van der Waals surface area contributed by atoms with Crippen LogP contribution < -0.4 is 4.90 Å². The molecule has 0 bridgehead atoms. The number of anilines is 1. The Morgan fingerprint density at radius 1 is 0.955 bits per heavy atom. The highest BCUT2D eigenvalue weighted by Crippen LogP contribution is 2.25. The van der Waals surface area contributed by atoms with E-state index in [-0.39, 0.29) is 0 Å². The van der Waals surface area contributed by atoms with E-state index in [0.717, 1.165) is 30.0 Å². The minimum atomic E-state index is -0.549. The van der Waals surface area contributed by atoms with Crippen molar-refractivity contribution in [1.29, 1.82) is 0 Å². The fraction of sp³-hybridized carbons (Fsp3) is 0.375. The van der Waals surface area contributed by atoms with Crippen molar-refractivity contribution in [3.05, 3.63) is 47.8 Å². The fourth-order valence-electron chi connectivity index (χ4n) is 2.56. The molecule has 1 saturated heterocycles. The van der Waals surface area contributed by atoms with E-state index in [1.54, 1.807) is 6.33 Å². The van der Waals surface area contributed by atoms with Crippen LogP contribution in [0.25, 0.3) is 0 Å². The molecule has 0 aliphatic carbocycles. The standard InChI is InChI=1S/C16H17F2N3S/c17-13-6-12(7-14(18)8-13)10-22-16-9-15(19-11-20-16)21-4-2-1-3-5-21/h6-9,11H,1-5,10H2. The number of piperidine rings is 1. The van der Waals surface area contributed by atoms with Gasteiger partial charge in [0.1, 0.15) is 28.8 Å². The molecule has 0 radical (unpaired) electrons. The number of hydrogen-bond donors (Lipinski definition) is 0. The highest BCUT2D eigenvalue weighted by atomic mass is 32.2. The first-order valence-electron chi connectivity index (χ1n) is 7.35. The Balaban J connectivity index is 1.67. The molecular formula is C16H17F2N3S. The maximum atomic E-state index is 13.2. The normalized spacial score (nSPS) is 15.1. The van der Waals surface area contributed by atoms with Crippen LogP contribution in [0.15, 0.2) is 35.6 Å². The Kier molecular flexibility index (Phi) is 4.87. The van der Waals surface area contributed by atoms with E-state index in [1.165, 1.54) is 43.2 Å². The van der Waals surface area contributed by atoms with E-state index >= 15 is 0 Å². The summed E-state index contributed by atoms with van der Waals surface area (Å²) in [7, 11) is 0. The summed E-state index contributed by atoms with van der Waals surface area (Å²) in [4.78, 5) is 10.8. The molecular weight excluding hydrogens is 304 g/mol. The van der Waals surface area contributed by atoms with Gasteiger partial charge in [0.25, 0.3) is 0 Å². The van der Waals surface area contributed by atoms with Crippen molar-refractivity contribution in [2.75, 3.05) is 18.0 Å². The largest absolute Gasteiger partial charge is 0.356 e. The Hall–Kier alpha value is -1.69. The molecule has 3 nitrogen and oxygen atoms in total. The van der Waals surface area contributed by atoms with Gasteiger partial charge in [-0.25, -0.2) is 18.7 Å². The summed E-state index contributed by atoms with van der Waals surface area (Å²) in [6.45, 7) is 2.05. The van der Waals surface area contributed by atoms with Crippen molar-refractivity contribution < 1.29 is 8.78 Å². The summed E-state index contributed by atoms with van der Waals surface area (Å²) in [5.41, 5.74) is 0.612. The van der Waals surface area contributed by atoms with E-state index in [1.807, 2.05) is 6.07 Å². The van der Waals surface area contributed by atoms with E-state index < -0.39 is 11.6 Å². The third kappa shape index (κ3) is 3.94. The van der Waals surface area contributed by atoms with Gasteiger partial charge in [-0.2, -0.15) is 0 Å². The highest BCUT2D eigenvalue weighted by Gasteiger charge is 2.13. The van der Waals surface area contributed by atoms with Gasteiger partial charge in [-0.3, -0.25) is 0 Å². The molecule has 1 aliphatic rings. The molecule has 3 rings (SSSR count). The smallest absolute Gasteiger partial charge is 0.133 e. The second kappa shape index (κ2) is 7.05. The summed E-state index contributed by atoms with van der Waals surface area (Å²) in [6, 6.07) is 5.53. The van der Waals surface area contributed by atoms with Crippen molar-refractivity contribution in [3.63, 3.8) is 0 Å². The fourth-order valence-corrected chi connectivity index (χ4v) is 3.35. The monoisotopic (exact) mass is 321 g/mol. The summed E-state index contributed by atoms with van der Waals surface area (Å²) in [6.07, 6.45) is 5.21. The van der Waals surface area contributed by atoms with Crippen molar-refractivity contribution in [2.45, 2.75) is 30.0 Å². The molecule has 6 heteroatoms. The topological polar surface area (TPSA) is 29.0 Å². The van der Waals surface area contributed by atoms with E-state index in [9.17, 15) is 8.78 Å². The maximum absolute atomic E-state index is 13.2. The molecule has 1 fully saturated rings. The SMILES string of the molecule is Fc1cc(F)cc(CSc2cc(N3CCCCC3)ncn2)c1. The lowest BCUT2D eigenvalue weighted by Crippen LogP contribution is -2.30. The van der Waals surface area contributed by atoms with Gasteiger partial charge in [-0.1, -0.05) is 0 Å². The highest BCUT2D eigenvalue weighted by molar-refractivity contribution is 7.98. The molecule has 22 heavy (non-hydrogen) atoms. The predicted molar refractivity (Wildman–Crippen MR) is 84.0 cm³/mol. The number of hydrogen-bond acceptors (Lipinski definition) is 4. The molecule has 0 atom stereocenters. The van der Waals surface area contributed by atoms with Gasteiger partial charge >= 0.3 is 0 Å². The van der Waals surface area contributed by atoms with Crippen molar-refractivity contribution in [3.8, 4) is 0 Å². The van der Waals surface area contributed by atoms with Gasteiger partial charge in [-0.15, -0.1) is 11.8 Å². The first-order valence-corrected chi connectivity index (χ1v) is 8.34. The first kappa shape index (κ1) is 15.2. The lowest BCUT2D eigenvalue weighted by molar-refractivity contribution is 0.572. The van der Waals surface area contributed by atoms with Crippen LogP contribution in [0.3, 0.4) is 0 Å². The van der Waals surface area contributed by atoms with Crippen LogP contribution in [0, 0.1) is 11.6 Å². The number of halogens is 2. The maximum Gasteiger partial charge on any atom is 0.133 e. The molecule has 0 N–H and O–H groups in total. The van der Waals surface area contributed by atoms with Gasteiger partial charge in [0.15, 0.2) is 0 Å². The van der Waals surface area contributed by atoms with Crippen molar-refractivity contribution >= 4 is 17.6 Å². The lowest BCUT2D eigenvalue weighted by Gasteiger charge is -2.27. The average Bonchev–Trinajstić information content (AvgIpc) is 2.53. The first-order chi connectivity index (χ1) is 10.7. The van der Waals surface area contributed by atoms with Gasteiger partial charge in [-0.05, 0) is 37.0 Å². The molecule has 0 amide bonds. The number of benzene rings is 1. The minimum absolute atomic E-state index is 0.477. The van der Waals surface area contributed by atoms with E-state index in [2.05, 4.69) is 14.9 Å². The molecule has 2 heterocycles. The molecule has 1 aromatic carbocycles. The van der Waals surface area contributed by atoms with E-state index in [4.69, 9.17) is 0 Å². The average molecular weight is 321 g/mol. The molecule has 0 spiro atoms. The third-order valence-electron chi connectivity index (χ3n) is 3.62. The van der Waals surface area contributed by atoms with Gasteiger partial charge in [0.05, 0.1) is 0 Å². The lowest BCUT2D eigenvalue weighted by atomic mass is 10.1. The second-order valence-electron chi connectivity index (χ2n) is 5.33. The number of rotatable bonds is 4. The van der Waals surface area contributed by atoms with Crippen molar-refractivity contribution in [1.82, 2.24) is 9.97 Å².